The number of hydrogen-bond acceptors (Lipinski definition) is 6. The molecule has 0 aliphatic heterocycles. The lowest BCUT2D eigenvalue weighted by atomic mass is 10.1. The highest BCUT2D eigenvalue weighted by atomic mass is 32.2. The van der Waals surface area contributed by atoms with Crippen LogP contribution in [-0.4, -0.2) is 23.1 Å². The zero-order valence-corrected chi connectivity index (χ0v) is 12.7. The second-order valence-electron chi connectivity index (χ2n) is 4.61. The van der Waals surface area contributed by atoms with Gasteiger partial charge in [0.15, 0.2) is 5.16 Å². The maximum absolute atomic E-state index is 11.5. The fraction of sp³-hybridized carbons (Fsp3) is 0.286. The number of benzene rings is 1. The Balaban J connectivity index is 2.38. The van der Waals surface area contributed by atoms with Crippen LogP contribution in [0, 0.1) is 0 Å². The molecule has 0 amide bonds. The third kappa shape index (κ3) is 3.77. The molecule has 1 aromatic carbocycles. The molecule has 0 saturated carbocycles. The van der Waals surface area contributed by atoms with Gasteiger partial charge in [0, 0.05) is 17.7 Å². The number of ether oxygens (including phenoxy) is 1. The third-order valence-corrected chi connectivity index (χ3v) is 4.26. The Hall–Kier alpha value is -1.99. The average molecular weight is 306 g/mol. The molecule has 0 aliphatic carbocycles. The molecule has 2 unspecified atom stereocenters. The van der Waals surface area contributed by atoms with E-state index in [1.807, 2.05) is 31.2 Å². The first-order valence-corrected chi connectivity index (χ1v) is 7.31. The average Bonchev–Trinajstić information content (AvgIpc) is 2.43. The standard InChI is InChI=1S/C14H18N4O2S/c1-8(15)13(9-5-3-4-6-10(9)20-2)21-14-17-11(16)7-12(19)18-14/h3-8,13H,15H2,1-2H3,(H3,16,17,18,19). The molecule has 1 heterocycles. The summed E-state index contributed by atoms with van der Waals surface area (Å²) >= 11 is 1.36. The summed E-state index contributed by atoms with van der Waals surface area (Å²) in [7, 11) is 1.61. The van der Waals surface area contributed by atoms with Gasteiger partial charge in [0.2, 0.25) is 0 Å². The van der Waals surface area contributed by atoms with Crippen LogP contribution in [0.25, 0.3) is 0 Å². The number of anilines is 1. The lowest BCUT2D eigenvalue weighted by molar-refractivity contribution is 0.408. The van der Waals surface area contributed by atoms with Gasteiger partial charge in [-0.1, -0.05) is 30.0 Å². The molecule has 0 saturated heterocycles. The van der Waals surface area contributed by atoms with Gasteiger partial charge in [0.25, 0.3) is 5.56 Å². The predicted molar refractivity (Wildman–Crippen MR) is 84.5 cm³/mol. The number of hydrogen-bond donors (Lipinski definition) is 3. The van der Waals surface area contributed by atoms with Crippen molar-refractivity contribution < 1.29 is 4.74 Å². The molecule has 5 N–H and O–H groups in total. The topological polar surface area (TPSA) is 107 Å². The van der Waals surface area contributed by atoms with E-state index in [1.165, 1.54) is 17.8 Å². The predicted octanol–water partition coefficient (Wildman–Crippen LogP) is 1.54. The number of aromatic amines is 1. The summed E-state index contributed by atoms with van der Waals surface area (Å²) in [6, 6.07) is 8.71. The van der Waals surface area contributed by atoms with Crippen molar-refractivity contribution in [2.75, 3.05) is 12.8 Å². The highest BCUT2D eigenvalue weighted by Gasteiger charge is 2.22. The molecule has 0 bridgehead atoms. The van der Waals surface area contributed by atoms with Crippen LogP contribution in [0.2, 0.25) is 0 Å². The van der Waals surface area contributed by atoms with Crippen molar-refractivity contribution in [3.8, 4) is 5.75 Å². The van der Waals surface area contributed by atoms with Gasteiger partial charge in [0.1, 0.15) is 11.6 Å². The van der Waals surface area contributed by atoms with Gasteiger partial charge >= 0.3 is 0 Å². The number of rotatable bonds is 5. The van der Waals surface area contributed by atoms with Crippen molar-refractivity contribution in [1.82, 2.24) is 9.97 Å². The Bertz CT molecular complexity index is 672. The third-order valence-electron chi connectivity index (χ3n) is 2.90. The minimum absolute atomic E-state index is 0.119. The van der Waals surface area contributed by atoms with Crippen molar-refractivity contribution in [3.63, 3.8) is 0 Å². The Labute approximate surface area is 126 Å². The lowest BCUT2D eigenvalue weighted by Gasteiger charge is -2.22. The number of para-hydroxylation sites is 1. The van der Waals surface area contributed by atoms with Gasteiger partial charge in [-0.2, -0.15) is 0 Å². The number of thioether (sulfide) groups is 1. The van der Waals surface area contributed by atoms with Crippen LogP contribution in [0.4, 0.5) is 5.82 Å². The van der Waals surface area contributed by atoms with E-state index in [2.05, 4.69) is 9.97 Å². The first-order chi connectivity index (χ1) is 10.0. The van der Waals surface area contributed by atoms with E-state index in [0.29, 0.717) is 5.16 Å². The quantitative estimate of drug-likeness (QED) is 0.571. The number of nitrogens with zero attached hydrogens (tertiary/aromatic N) is 1. The Morgan fingerprint density at radius 2 is 2.10 bits per heavy atom. The normalized spacial score (nSPS) is 13.7. The van der Waals surface area contributed by atoms with Crippen LogP contribution in [0.5, 0.6) is 5.75 Å². The zero-order valence-electron chi connectivity index (χ0n) is 11.9. The van der Waals surface area contributed by atoms with Gasteiger partial charge in [0.05, 0.1) is 12.4 Å². The SMILES string of the molecule is COc1ccccc1C(Sc1nc(N)cc(=O)[nH]1)C(C)N. The molecular formula is C14H18N4O2S. The zero-order chi connectivity index (χ0) is 15.4. The van der Waals surface area contributed by atoms with E-state index in [0.717, 1.165) is 11.3 Å². The molecule has 112 valence electrons. The summed E-state index contributed by atoms with van der Waals surface area (Å²) in [5.74, 6) is 0.934. The van der Waals surface area contributed by atoms with Gasteiger partial charge < -0.3 is 21.2 Å². The van der Waals surface area contributed by atoms with Gasteiger partial charge in [-0.15, -0.1) is 0 Å². The summed E-state index contributed by atoms with van der Waals surface area (Å²) < 4.78 is 5.38. The van der Waals surface area contributed by atoms with E-state index >= 15 is 0 Å². The molecule has 21 heavy (non-hydrogen) atoms. The van der Waals surface area contributed by atoms with Gasteiger partial charge in [-0.25, -0.2) is 4.98 Å². The second-order valence-corrected chi connectivity index (χ2v) is 5.75. The van der Waals surface area contributed by atoms with Crippen molar-refractivity contribution in [2.45, 2.75) is 23.4 Å². The van der Waals surface area contributed by atoms with Crippen LogP contribution in [0.1, 0.15) is 17.7 Å². The van der Waals surface area contributed by atoms with Crippen LogP contribution in [0.3, 0.4) is 0 Å². The van der Waals surface area contributed by atoms with E-state index in [-0.39, 0.29) is 22.7 Å². The molecular weight excluding hydrogens is 288 g/mol. The molecule has 2 aromatic rings. The van der Waals surface area contributed by atoms with E-state index in [4.69, 9.17) is 16.2 Å². The minimum Gasteiger partial charge on any atom is -0.496 e. The molecule has 2 rings (SSSR count). The Morgan fingerprint density at radius 1 is 1.38 bits per heavy atom. The van der Waals surface area contributed by atoms with E-state index in [1.54, 1.807) is 7.11 Å². The lowest BCUT2D eigenvalue weighted by Crippen LogP contribution is -2.23. The van der Waals surface area contributed by atoms with Crippen molar-refractivity contribution in [2.24, 2.45) is 5.73 Å². The van der Waals surface area contributed by atoms with Gasteiger partial charge in [-0.3, -0.25) is 4.79 Å². The molecule has 6 nitrogen and oxygen atoms in total. The maximum atomic E-state index is 11.5. The van der Waals surface area contributed by atoms with Crippen molar-refractivity contribution in [1.29, 1.82) is 0 Å². The summed E-state index contributed by atoms with van der Waals surface area (Å²) in [5, 5.41) is 0.319. The molecule has 7 heteroatoms. The number of H-pyrrole nitrogens is 1. The highest BCUT2D eigenvalue weighted by Crippen LogP contribution is 2.39. The number of nitrogen functional groups attached to an aromatic ring is 1. The van der Waals surface area contributed by atoms with Crippen LogP contribution in [0.15, 0.2) is 40.3 Å². The van der Waals surface area contributed by atoms with Crippen LogP contribution in [-0.2, 0) is 0 Å². The number of methoxy groups -OCH3 is 1. The number of nitrogens with two attached hydrogens (primary N) is 2. The maximum Gasteiger partial charge on any atom is 0.253 e. The Morgan fingerprint density at radius 3 is 2.71 bits per heavy atom. The first-order valence-electron chi connectivity index (χ1n) is 6.43. The fourth-order valence-corrected chi connectivity index (χ4v) is 3.08. The number of nitrogens with one attached hydrogen (secondary N) is 1. The molecule has 0 aliphatic rings. The first kappa shape index (κ1) is 15.4. The summed E-state index contributed by atoms with van der Waals surface area (Å²) in [5.41, 5.74) is 12.4. The molecule has 0 spiro atoms. The van der Waals surface area contributed by atoms with E-state index in [9.17, 15) is 4.79 Å². The second kappa shape index (κ2) is 6.64. The van der Waals surface area contributed by atoms with Crippen molar-refractivity contribution >= 4 is 17.6 Å². The fourth-order valence-electron chi connectivity index (χ4n) is 1.98. The van der Waals surface area contributed by atoms with Crippen LogP contribution >= 0.6 is 11.8 Å². The van der Waals surface area contributed by atoms with Gasteiger partial charge in [-0.05, 0) is 13.0 Å². The summed E-state index contributed by atoms with van der Waals surface area (Å²) in [4.78, 5) is 18.3. The summed E-state index contributed by atoms with van der Waals surface area (Å²) in [6.45, 7) is 1.90. The van der Waals surface area contributed by atoms with E-state index < -0.39 is 0 Å². The molecule has 0 radical (unpaired) electrons. The Kier molecular flexibility index (Phi) is 4.87. The molecule has 2 atom stereocenters. The largest absolute Gasteiger partial charge is 0.496 e. The smallest absolute Gasteiger partial charge is 0.253 e. The molecule has 1 aromatic heterocycles. The molecule has 0 fully saturated rings. The van der Waals surface area contributed by atoms with Crippen molar-refractivity contribution in [3.05, 3.63) is 46.2 Å². The monoisotopic (exact) mass is 306 g/mol. The minimum atomic E-state index is -0.284. The summed E-state index contributed by atoms with van der Waals surface area (Å²) in [6.07, 6.45) is 0. The van der Waals surface area contributed by atoms with Crippen LogP contribution < -0.4 is 21.8 Å². The highest BCUT2D eigenvalue weighted by molar-refractivity contribution is 7.99. The number of aromatic nitrogens is 2.